The molecule has 0 spiro atoms. The van der Waals surface area contributed by atoms with Gasteiger partial charge in [0.25, 0.3) is 0 Å². The first-order chi connectivity index (χ1) is 15.6. The zero-order valence-corrected chi connectivity index (χ0v) is 17.4. The number of nitrogens with two attached hydrogens (primary N) is 1. The van der Waals surface area contributed by atoms with Gasteiger partial charge in [0.1, 0.15) is 28.5 Å². The minimum Gasteiger partial charge on any atom is -0.457 e. The minimum absolute atomic E-state index is 0.0937. The number of ether oxygens (including phenoxy) is 1. The molecule has 4 aromatic rings. The van der Waals surface area contributed by atoms with E-state index >= 15 is 0 Å². The van der Waals surface area contributed by atoms with Crippen LogP contribution >= 0.6 is 0 Å². The molecule has 0 saturated carbocycles. The van der Waals surface area contributed by atoms with Gasteiger partial charge in [-0.15, -0.1) is 0 Å². The Kier molecular flexibility index (Phi) is 4.95. The summed E-state index contributed by atoms with van der Waals surface area (Å²) in [6.45, 7) is 5.30. The summed E-state index contributed by atoms with van der Waals surface area (Å²) >= 11 is 0. The fraction of sp³-hybridized carbons (Fsp3) is 0.125. The summed E-state index contributed by atoms with van der Waals surface area (Å²) in [7, 11) is 0. The van der Waals surface area contributed by atoms with Crippen LogP contribution in [0.1, 0.15) is 0 Å². The van der Waals surface area contributed by atoms with E-state index in [1.807, 2.05) is 70.1 Å². The lowest BCUT2D eigenvalue weighted by Gasteiger charge is -2.17. The summed E-state index contributed by atoms with van der Waals surface area (Å²) in [4.78, 5) is 24.9. The first-order valence-corrected chi connectivity index (χ1v) is 10.3. The Bertz CT molecular complexity index is 1280. The van der Waals surface area contributed by atoms with Crippen molar-refractivity contribution >= 4 is 23.2 Å². The van der Waals surface area contributed by atoms with Crippen molar-refractivity contribution in [3.63, 3.8) is 0 Å². The standard InChI is InChI=1S/C24H22N6O2/c1-2-20(31)28-14-15-29(16-28)24-27-21(22-23(25)26-12-13-30(22)24)17-8-10-19(11-9-17)32-18-6-4-3-5-7-18/h2-13H,1,14-16H2,(H2,25,26). The highest BCUT2D eigenvalue weighted by Crippen LogP contribution is 2.33. The summed E-state index contributed by atoms with van der Waals surface area (Å²) in [6.07, 6.45) is 4.82. The monoisotopic (exact) mass is 426 g/mol. The fourth-order valence-corrected chi connectivity index (χ4v) is 3.84. The third-order valence-electron chi connectivity index (χ3n) is 5.42. The predicted molar refractivity (Wildman–Crippen MR) is 123 cm³/mol. The highest BCUT2D eigenvalue weighted by Gasteiger charge is 2.27. The largest absolute Gasteiger partial charge is 0.457 e. The maximum Gasteiger partial charge on any atom is 0.247 e. The molecule has 1 fully saturated rings. The molecule has 0 aliphatic carbocycles. The summed E-state index contributed by atoms with van der Waals surface area (Å²) in [6, 6.07) is 17.3. The smallest absolute Gasteiger partial charge is 0.247 e. The molecule has 8 nitrogen and oxygen atoms in total. The Morgan fingerprint density at radius 1 is 1.06 bits per heavy atom. The summed E-state index contributed by atoms with van der Waals surface area (Å²) in [5.74, 6) is 2.52. The summed E-state index contributed by atoms with van der Waals surface area (Å²) < 4.78 is 7.82. The fourth-order valence-electron chi connectivity index (χ4n) is 3.84. The quantitative estimate of drug-likeness (QED) is 0.491. The van der Waals surface area contributed by atoms with E-state index in [1.54, 1.807) is 11.1 Å². The molecule has 1 saturated heterocycles. The van der Waals surface area contributed by atoms with E-state index in [-0.39, 0.29) is 5.91 Å². The van der Waals surface area contributed by atoms with Crippen molar-refractivity contribution in [1.82, 2.24) is 19.3 Å². The lowest BCUT2D eigenvalue weighted by Crippen LogP contribution is -2.30. The average Bonchev–Trinajstić information content (AvgIpc) is 3.46. The molecule has 0 unspecified atom stereocenters. The number of imidazole rings is 1. The van der Waals surface area contributed by atoms with Gasteiger partial charge in [0.15, 0.2) is 0 Å². The number of aromatic nitrogens is 3. The van der Waals surface area contributed by atoms with Gasteiger partial charge >= 0.3 is 0 Å². The van der Waals surface area contributed by atoms with Crippen LogP contribution in [0.5, 0.6) is 11.5 Å². The van der Waals surface area contributed by atoms with Gasteiger partial charge < -0.3 is 20.3 Å². The normalized spacial score (nSPS) is 13.5. The maximum atomic E-state index is 12.0. The molecule has 5 rings (SSSR count). The van der Waals surface area contributed by atoms with Gasteiger partial charge in [-0.3, -0.25) is 9.20 Å². The number of hydrogen-bond acceptors (Lipinski definition) is 6. The zero-order chi connectivity index (χ0) is 22.1. The Hall–Kier alpha value is -4.33. The second-order valence-corrected chi connectivity index (χ2v) is 7.44. The van der Waals surface area contributed by atoms with Crippen molar-refractivity contribution in [3.8, 4) is 22.8 Å². The van der Waals surface area contributed by atoms with E-state index in [4.69, 9.17) is 15.5 Å². The first kappa shape index (κ1) is 19.6. The number of nitrogens with zero attached hydrogens (tertiary/aromatic N) is 5. The van der Waals surface area contributed by atoms with Crippen LogP contribution in [0.25, 0.3) is 16.8 Å². The number of carbonyl (C=O) groups is 1. The number of amides is 1. The SMILES string of the molecule is C=CC(=O)N1CCN(c2nc(-c3ccc(Oc4ccccc4)cc3)c3c(N)nccn23)C1. The van der Waals surface area contributed by atoms with Crippen LogP contribution in [0.15, 0.2) is 79.6 Å². The zero-order valence-electron chi connectivity index (χ0n) is 17.4. The molecule has 2 aromatic carbocycles. The van der Waals surface area contributed by atoms with Gasteiger partial charge in [0.2, 0.25) is 11.9 Å². The Morgan fingerprint density at radius 3 is 2.56 bits per heavy atom. The molecule has 32 heavy (non-hydrogen) atoms. The van der Waals surface area contributed by atoms with Crippen LogP contribution < -0.4 is 15.4 Å². The Labute approximate surface area is 185 Å². The average molecular weight is 426 g/mol. The number of para-hydroxylation sites is 1. The van der Waals surface area contributed by atoms with Gasteiger partial charge in [-0.2, -0.15) is 0 Å². The Morgan fingerprint density at radius 2 is 1.81 bits per heavy atom. The molecule has 0 radical (unpaired) electrons. The summed E-state index contributed by atoms with van der Waals surface area (Å²) in [5.41, 5.74) is 8.59. The molecule has 3 heterocycles. The van der Waals surface area contributed by atoms with E-state index in [9.17, 15) is 4.79 Å². The van der Waals surface area contributed by atoms with Crippen LogP contribution in [0.4, 0.5) is 11.8 Å². The second-order valence-electron chi connectivity index (χ2n) is 7.44. The van der Waals surface area contributed by atoms with Gasteiger partial charge in [-0.05, 0) is 42.5 Å². The first-order valence-electron chi connectivity index (χ1n) is 10.3. The van der Waals surface area contributed by atoms with Gasteiger partial charge in [0, 0.05) is 31.0 Å². The van der Waals surface area contributed by atoms with Crippen molar-refractivity contribution in [2.45, 2.75) is 0 Å². The van der Waals surface area contributed by atoms with Crippen molar-refractivity contribution in [2.24, 2.45) is 0 Å². The molecule has 1 aliphatic rings. The molecule has 160 valence electrons. The van der Waals surface area contributed by atoms with Gasteiger partial charge in [-0.1, -0.05) is 24.8 Å². The molecule has 2 N–H and O–H groups in total. The van der Waals surface area contributed by atoms with Crippen molar-refractivity contribution < 1.29 is 9.53 Å². The third-order valence-corrected chi connectivity index (χ3v) is 5.42. The van der Waals surface area contributed by atoms with E-state index in [1.165, 1.54) is 6.08 Å². The van der Waals surface area contributed by atoms with Crippen LogP contribution in [0, 0.1) is 0 Å². The highest BCUT2D eigenvalue weighted by atomic mass is 16.5. The van der Waals surface area contributed by atoms with Gasteiger partial charge in [-0.25, -0.2) is 9.97 Å². The van der Waals surface area contributed by atoms with Crippen molar-refractivity contribution in [2.75, 3.05) is 30.4 Å². The number of fused-ring (bicyclic) bond motifs is 1. The number of anilines is 2. The van der Waals surface area contributed by atoms with E-state index in [0.29, 0.717) is 31.5 Å². The van der Waals surface area contributed by atoms with E-state index in [2.05, 4.69) is 11.6 Å². The number of rotatable bonds is 5. The molecule has 2 aromatic heterocycles. The van der Waals surface area contributed by atoms with Crippen LogP contribution in [0.3, 0.4) is 0 Å². The summed E-state index contributed by atoms with van der Waals surface area (Å²) in [5, 5.41) is 0. The second kappa shape index (κ2) is 8.07. The Balaban J connectivity index is 1.49. The van der Waals surface area contributed by atoms with Crippen LogP contribution in [-0.4, -0.2) is 44.9 Å². The van der Waals surface area contributed by atoms with Crippen molar-refractivity contribution in [3.05, 3.63) is 79.6 Å². The molecule has 1 amide bonds. The molecule has 0 atom stereocenters. The number of hydrogen-bond donors (Lipinski definition) is 1. The molecule has 1 aliphatic heterocycles. The maximum absolute atomic E-state index is 12.0. The van der Waals surface area contributed by atoms with Crippen molar-refractivity contribution in [1.29, 1.82) is 0 Å². The number of carbonyl (C=O) groups excluding carboxylic acids is 1. The number of benzene rings is 2. The van der Waals surface area contributed by atoms with E-state index in [0.717, 1.165) is 28.3 Å². The lowest BCUT2D eigenvalue weighted by atomic mass is 10.1. The topological polar surface area (TPSA) is 89.0 Å². The predicted octanol–water partition coefficient (Wildman–Crippen LogP) is 3.56. The molecule has 8 heteroatoms. The molecule has 0 bridgehead atoms. The van der Waals surface area contributed by atoms with Crippen LogP contribution in [-0.2, 0) is 4.79 Å². The third kappa shape index (κ3) is 3.51. The van der Waals surface area contributed by atoms with Gasteiger partial charge in [0.05, 0.1) is 6.67 Å². The van der Waals surface area contributed by atoms with E-state index < -0.39 is 0 Å². The number of nitrogen functional groups attached to an aromatic ring is 1. The molecular formula is C24H22N6O2. The molecular weight excluding hydrogens is 404 g/mol. The lowest BCUT2D eigenvalue weighted by molar-refractivity contribution is -0.124. The van der Waals surface area contributed by atoms with Crippen LogP contribution in [0.2, 0.25) is 0 Å². The minimum atomic E-state index is -0.0937. The highest BCUT2D eigenvalue weighted by molar-refractivity contribution is 5.89.